The number of H-pyrrole nitrogens is 1. The molecule has 1 aromatic carbocycles. The summed E-state index contributed by atoms with van der Waals surface area (Å²) in [5.41, 5.74) is 11.6. The molecule has 0 saturated carbocycles. The number of amides is 1. The molecule has 3 rings (SSSR count). The number of aromatic amines is 1. The highest BCUT2D eigenvalue weighted by molar-refractivity contribution is 6.03. The second-order valence-corrected chi connectivity index (χ2v) is 9.05. The molecule has 0 atom stereocenters. The largest absolute Gasteiger partial charge is 0.402 e. The molecular weight excluding hydrogens is 410 g/mol. The highest BCUT2D eigenvalue weighted by Gasteiger charge is 2.24. The number of allylic oxidation sites excluding steroid dienone is 7. The van der Waals surface area contributed by atoms with E-state index in [0.717, 1.165) is 54.6 Å². The number of nitrogens with zero attached hydrogens (tertiary/aromatic N) is 2. The van der Waals surface area contributed by atoms with Crippen LogP contribution in [0.5, 0.6) is 0 Å². The van der Waals surface area contributed by atoms with Crippen molar-refractivity contribution in [2.45, 2.75) is 46.0 Å². The van der Waals surface area contributed by atoms with Crippen LogP contribution in [0.2, 0.25) is 0 Å². The Morgan fingerprint density at radius 3 is 2.88 bits per heavy atom. The van der Waals surface area contributed by atoms with E-state index >= 15 is 0 Å². The fourth-order valence-corrected chi connectivity index (χ4v) is 3.75. The molecule has 4 N–H and O–H groups in total. The van der Waals surface area contributed by atoms with Gasteiger partial charge in [-0.3, -0.25) is 4.79 Å². The van der Waals surface area contributed by atoms with Crippen molar-refractivity contribution in [2.75, 3.05) is 5.32 Å². The van der Waals surface area contributed by atoms with Crippen LogP contribution in [0.4, 0.5) is 5.69 Å². The van der Waals surface area contributed by atoms with Crippen molar-refractivity contribution in [3.8, 4) is 6.07 Å². The molecule has 1 aromatic heterocycles. The zero-order chi connectivity index (χ0) is 23.8. The van der Waals surface area contributed by atoms with Crippen LogP contribution in [0, 0.1) is 16.7 Å². The van der Waals surface area contributed by atoms with Gasteiger partial charge >= 0.3 is 0 Å². The predicted octanol–water partition coefficient (Wildman–Crippen LogP) is 5.64. The summed E-state index contributed by atoms with van der Waals surface area (Å²) in [5.74, 6) is -0.255. The van der Waals surface area contributed by atoms with E-state index in [0.29, 0.717) is 0 Å². The third kappa shape index (κ3) is 6.56. The van der Waals surface area contributed by atoms with Gasteiger partial charge in [0.15, 0.2) is 5.82 Å². The highest BCUT2D eigenvalue weighted by atomic mass is 16.2. The van der Waals surface area contributed by atoms with Gasteiger partial charge in [-0.05, 0) is 66.9 Å². The number of imidazole rings is 1. The Morgan fingerprint density at radius 1 is 1.39 bits per heavy atom. The van der Waals surface area contributed by atoms with Crippen molar-refractivity contribution in [1.82, 2.24) is 9.97 Å². The van der Waals surface area contributed by atoms with Crippen LogP contribution in [-0.2, 0) is 6.42 Å². The van der Waals surface area contributed by atoms with E-state index in [1.807, 2.05) is 36.4 Å². The van der Waals surface area contributed by atoms with Crippen LogP contribution >= 0.6 is 0 Å². The third-order valence-electron chi connectivity index (χ3n) is 5.82. The summed E-state index contributed by atoms with van der Waals surface area (Å²) in [6.07, 6.45) is 15.5. The van der Waals surface area contributed by atoms with Gasteiger partial charge in [-0.25, -0.2) is 4.98 Å². The van der Waals surface area contributed by atoms with E-state index < -0.39 is 0 Å². The van der Waals surface area contributed by atoms with Crippen LogP contribution in [0.15, 0.2) is 67.1 Å². The van der Waals surface area contributed by atoms with Crippen molar-refractivity contribution in [3.63, 3.8) is 0 Å². The van der Waals surface area contributed by atoms with E-state index in [4.69, 9.17) is 11.0 Å². The van der Waals surface area contributed by atoms with Gasteiger partial charge in [0.05, 0.1) is 6.20 Å². The van der Waals surface area contributed by atoms with Gasteiger partial charge in [-0.2, -0.15) is 5.26 Å². The zero-order valence-corrected chi connectivity index (χ0v) is 19.3. The molecule has 0 radical (unpaired) electrons. The number of aromatic nitrogens is 2. The SMILES string of the molecule is C=C/C=C\C=C(/N)CCc1ccc(NC(=O)c2ncc(C#N)[nH]2)c(C2=CCC(C)(C)CC2)c1. The zero-order valence-electron chi connectivity index (χ0n) is 19.3. The minimum absolute atomic E-state index is 0.117. The first-order chi connectivity index (χ1) is 15.8. The summed E-state index contributed by atoms with van der Waals surface area (Å²) in [7, 11) is 0. The van der Waals surface area contributed by atoms with Crippen molar-refractivity contribution < 1.29 is 4.79 Å². The van der Waals surface area contributed by atoms with E-state index in [-0.39, 0.29) is 22.8 Å². The summed E-state index contributed by atoms with van der Waals surface area (Å²) < 4.78 is 0. The fraction of sp³-hybridized carbons (Fsp3) is 0.296. The second kappa shape index (κ2) is 10.6. The standard InChI is InChI=1S/C27H31N5O/c1-4-5-6-7-21(29)10-8-19-9-11-24(32-26(33)25-30-18-22(17-28)31-25)23(16-19)20-12-14-27(2,3)15-13-20/h4-7,9,11-12,16,18H,1,8,10,13-15,29H2,2-3H3,(H,30,31)(H,32,33)/b6-5-,21-7-. The Bertz CT molecular complexity index is 1160. The van der Waals surface area contributed by atoms with Gasteiger partial charge in [-0.1, -0.05) is 50.8 Å². The number of carbonyl (C=O) groups excluding carboxylic acids is 1. The summed E-state index contributed by atoms with van der Waals surface area (Å²) in [6.45, 7) is 8.21. The van der Waals surface area contributed by atoms with E-state index in [1.165, 1.54) is 11.8 Å². The van der Waals surface area contributed by atoms with Crippen LogP contribution < -0.4 is 11.1 Å². The first-order valence-corrected chi connectivity index (χ1v) is 11.1. The Kier molecular flexibility index (Phi) is 7.68. The normalized spacial score (nSPS) is 15.7. The number of hydrogen-bond donors (Lipinski definition) is 3. The Labute approximate surface area is 195 Å². The van der Waals surface area contributed by atoms with Crippen LogP contribution in [0.3, 0.4) is 0 Å². The quantitative estimate of drug-likeness (QED) is 0.460. The number of nitrogens with one attached hydrogen (secondary N) is 2. The van der Waals surface area contributed by atoms with Crippen molar-refractivity contribution in [2.24, 2.45) is 11.1 Å². The Balaban J connectivity index is 1.85. The molecule has 0 bridgehead atoms. The number of aryl methyl sites for hydroxylation is 1. The van der Waals surface area contributed by atoms with Crippen LogP contribution in [0.1, 0.15) is 67.0 Å². The molecule has 0 spiro atoms. The monoisotopic (exact) mass is 441 g/mol. The minimum Gasteiger partial charge on any atom is -0.402 e. The molecule has 33 heavy (non-hydrogen) atoms. The lowest BCUT2D eigenvalue weighted by Crippen LogP contribution is -2.17. The second-order valence-electron chi connectivity index (χ2n) is 9.05. The van der Waals surface area contributed by atoms with Gasteiger partial charge in [0.25, 0.3) is 5.91 Å². The molecule has 0 unspecified atom stereocenters. The Morgan fingerprint density at radius 2 is 2.21 bits per heavy atom. The maximum Gasteiger partial charge on any atom is 0.291 e. The molecular formula is C27H31N5O. The molecule has 1 heterocycles. The molecule has 0 fully saturated rings. The summed E-state index contributed by atoms with van der Waals surface area (Å²) in [4.78, 5) is 19.5. The maximum absolute atomic E-state index is 12.7. The molecule has 1 aliphatic carbocycles. The van der Waals surface area contributed by atoms with Crippen LogP contribution in [-0.4, -0.2) is 15.9 Å². The predicted molar refractivity (Wildman–Crippen MR) is 133 cm³/mol. The highest BCUT2D eigenvalue weighted by Crippen LogP contribution is 2.40. The van der Waals surface area contributed by atoms with Crippen molar-refractivity contribution >= 4 is 17.2 Å². The van der Waals surface area contributed by atoms with Crippen LogP contribution in [0.25, 0.3) is 5.57 Å². The lowest BCUT2D eigenvalue weighted by atomic mass is 9.76. The maximum atomic E-state index is 12.7. The van der Waals surface area contributed by atoms with Crippen molar-refractivity contribution in [3.05, 3.63) is 89.7 Å². The topological polar surface area (TPSA) is 108 Å². The molecule has 0 aliphatic heterocycles. The number of hydrogen-bond acceptors (Lipinski definition) is 4. The Hall–Kier alpha value is -3.85. The average molecular weight is 442 g/mol. The van der Waals surface area contributed by atoms with Gasteiger partial charge in [-0.15, -0.1) is 0 Å². The van der Waals surface area contributed by atoms with Gasteiger partial charge < -0.3 is 16.0 Å². The summed E-state index contributed by atoms with van der Waals surface area (Å²) in [5, 5.41) is 11.9. The average Bonchev–Trinajstić information content (AvgIpc) is 3.28. The lowest BCUT2D eigenvalue weighted by Gasteiger charge is -2.29. The summed E-state index contributed by atoms with van der Waals surface area (Å²) in [6, 6.07) is 8.06. The molecule has 6 heteroatoms. The molecule has 0 saturated heterocycles. The fourth-order valence-electron chi connectivity index (χ4n) is 3.75. The molecule has 170 valence electrons. The number of rotatable bonds is 8. The van der Waals surface area contributed by atoms with E-state index in [9.17, 15) is 4.79 Å². The number of benzene rings is 1. The first-order valence-electron chi connectivity index (χ1n) is 11.1. The third-order valence-corrected chi connectivity index (χ3v) is 5.82. The lowest BCUT2D eigenvalue weighted by molar-refractivity contribution is 0.101. The molecule has 1 aliphatic rings. The molecule has 1 amide bonds. The van der Waals surface area contributed by atoms with E-state index in [2.05, 4.69) is 47.9 Å². The smallest absolute Gasteiger partial charge is 0.291 e. The van der Waals surface area contributed by atoms with E-state index in [1.54, 1.807) is 6.08 Å². The van der Waals surface area contributed by atoms with Gasteiger partial charge in [0.1, 0.15) is 11.8 Å². The minimum atomic E-state index is -0.372. The first kappa shape index (κ1) is 23.8. The number of anilines is 1. The molecule has 2 aromatic rings. The number of nitrogens with two attached hydrogens (primary N) is 1. The number of nitriles is 1. The van der Waals surface area contributed by atoms with Crippen molar-refractivity contribution in [1.29, 1.82) is 5.26 Å². The van der Waals surface area contributed by atoms with Gasteiger partial charge in [0.2, 0.25) is 0 Å². The summed E-state index contributed by atoms with van der Waals surface area (Å²) >= 11 is 0. The number of carbonyl (C=O) groups is 1. The van der Waals surface area contributed by atoms with Gasteiger partial charge in [0, 0.05) is 16.9 Å². The molecule has 6 nitrogen and oxygen atoms in total.